The molecule has 0 radical (unpaired) electrons. The van der Waals surface area contributed by atoms with Gasteiger partial charge in [0.25, 0.3) is 5.91 Å². The molecule has 1 saturated carbocycles. The maximum absolute atomic E-state index is 14.8. The monoisotopic (exact) mass is 353 g/mol. The summed E-state index contributed by atoms with van der Waals surface area (Å²) in [7, 11) is 0. The number of primary amides is 1. The van der Waals surface area contributed by atoms with Gasteiger partial charge in [0.2, 0.25) is 0 Å². The van der Waals surface area contributed by atoms with Crippen molar-refractivity contribution in [2.24, 2.45) is 5.73 Å². The predicted octanol–water partition coefficient (Wildman–Crippen LogP) is 3.19. The number of fused-ring (bicyclic) bond motifs is 1. The van der Waals surface area contributed by atoms with E-state index in [9.17, 15) is 9.18 Å². The third-order valence-corrected chi connectivity index (χ3v) is 5.12. The van der Waals surface area contributed by atoms with Crippen LogP contribution < -0.4 is 11.1 Å². The van der Waals surface area contributed by atoms with Crippen molar-refractivity contribution in [3.63, 3.8) is 0 Å². The predicted molar refractivity (Wildman–Crippen MR) is 97.7 cm³/mol. The van der Waals surface area contributed by atoms with E-state index in [4.69, 9.17) is 5.73 Å². The van der Waals surface area contributed by atoms with Gasteiger partial charge in [-0.3, -0.25) is 9.78 Å². The zero-order valence-corrected chi connectivity index (χ0v) is 14.4. The first-order valence-electron chi connectivity index (χ1n) is 8.63. The lowest BCUT2D eigenvalue weighted by Crippen LogP contribution is -2.36. The molecule has 0 aromatic carbocycles. The van der Waals surface area contributed by atoms with Crippen molar-refractivity contribution in [3.8, 4) is 11.1 Å². The highest BCUT2D eigenvalue weighted by Gasteiger charge is 2.39. The summed E-state index contributed by atoms with van der Waals surface area (Å²) in [6, 6.07) is 5.34. The largest absolute Gasteiger partial charge is 0.377 e. The molecule has 1 amide bonds. The zero-order chi connectivity index (χ0) is 18.3. The van der Waals surface area contributed by atoms with Gasteiger partial charge in [0.1, 0.15) is 5.67 Å². The van der Waals surface area contributed by atoms with E-state index in [1.54, 1.807) is 23.8 Å². The zero-order valence-electron chi connectivity index (χ0n) is 14.4. The van der Waals surface area contributed by atoms with Gasteiger partial charge in [-0.2, -0.15) is 5.10 Å². The molecule has 0 spiro atoms. The Balaban J connectivity index is 1.84. The number of pyridine rings is 1. The molecule has 2 atom stereocenters. The average molecular weight is 353 g/mol. The van der Waals surface area contributed by atoms with Gasteiger partial charge in [0.15, 0.2) is 0 Å². The number of carbonyl (C=O) groups is 1. The van der Waals surface area contributed by atoms with Crippen LogP contribution in [0.25, 0.3) is 16.6 Å². The fourth-order valence-corrected chi connectivity index (χ4v) is 3.62. The van der Waals surface area contributed by atoms with Gasteiger partial charge in [-0.05, 0) is 49.9 Å². The van der Waals surface area contributed by atoms with Crippen LogP contribution in [0.2, 0.25) is 0 Å². The molecule has 3 N–H and O–H groups in total. The first-order valence-corrected chi connectivity index (χ1v) is 8.63. The lowest BCUT2D eigenvalue weighted by Gasteiger charge is -2.26. The minimum absolute atomic E-state index is 0.263. The SMILES string of the molecule is C[C@]1(F)CCC[C@H]1Nc1c(C(N)=O)cnn2cc(-c3ccncc3)cc12. The molecule has 3 heterocycles. The summed E-state index contributed by atoms with van der Waals surface area (Å²) in [4.78, 5) is 15.9. The minimum Gasteiger partial charge on any atom is -0.377 e. The number of halogens is 1. The fraction of sp³-hybridized carbons (Fsp3) is 0.316. The van der Waals surface area contributed by atoms with Crippen LogP contribution in [0.3, 0.4) is 0 Å². The fourth-order valence-electron chi connectivity index (χ4n) is 3.62. The second-order valence-electron chi connectivity index (χ2n) is 6.96. The Morgan fingerprint density at radius 2 is 2.15 bits per heavy atom. The number of anilines is 1. The lowest BCUT2D eigenvalue weighted by atomic mass is 10.0. The highest BCUT2D eigenvalue weighted by Crippen LogP contribution is 2.37. The van der Waals surface area contributed by atoms with Crippen molar-refractivity contribution in [1.82, 2.24) is 14.6 Å². The Hall–Kier alpha value is -2.96. The van der Waals surface area contributed by atoms with Gasteiger partial charge in [-0.25, -0.2) is 8.91 Å². The van der Waals surface area contributed by atoms with Crippen LogP contribution in [0.5, 0.6) is 0 Å². The molecular weight excluding hydrogens is 333 g/mol. The van der Waals surface area contributed by atoms with Gasteiger partial charge in [0, 0.05) is 24.2 Å². The van der Waals surface area contributed by atoms with Gasteiger partial charge in [-0.15, -0.1) is 0 Å². The number of aromatic nitrogens is 3. The van der Waals surface area contributed by atoms with E-state index in [2.05, 4.69) is 15.4 Å². The molecule has 0 bridgehead atoms. The van der Waals surface area contributed by atoms with Crippen LogP contribution in [0.15, 0.2) is 43.0 Å². The van der Waals surface area contributed by atoms with Crippen LogP contribution in [0.4, 0.5) is 10.1 Å². The number of carbonyl (C=O) groups excluding carboxylic acids is 1. The number of nitrogens with two attached hydrogens (primary N) is 1. The number of nitrogens with one attached hydrogen (secondary N) is 1. The number of hydrogen-bond donors (Lipinski definition) is 2. The molecule has 0 unspecified atom stereocenters. The van der Waals surface area contributed by atoms with E-state index in [-0.39, 0.29) is 11.6 Å². The Bertz CT molecular complexity index is 967. The van der Waals surface area contributed by atoms with Crippen molar-refractivity contribution in [3.05, 3.63) is 48.5 Å². The summed E-state index contributed by atoms with van der Waals surface area (Å²) in [5.74, 6) is -0.590. The van der Waals surface area contributed by atoms with Crippen molar-refractivity contribution in [2.75, 3.05) is 5.32 Å². The molecule has 3 aromatic heterocycles. The Morgan fingerprint density at radius 1 is 1.38 bits per heavy atom. The van der Waals surface area contributed by atoms with E-state index in [1.165, 1.54) is 6.20 Å². The summed E-state index contributed by atoms with van der Waals surface area (Å²) >= 11 is 0. The van der Waals surface area contributed by atoms with Crippen LogP contribution in [0.1, 0.15) is 36.5 Å². The normalized spacial score (nSPS) is 22.6. The number of alkyl halides is 1. The number of nitrogens with zero attached hydrogens (tertiary/aromatic N) is 3. The Kier molecular flexibility index (Phi) is 3.86. The molecule has 7 heteroatoms. The third kappa shape index (κ3) is 2.79. The summed E-state index contributed by atoms with van der Waals surface area (Å²) in [5.41, 5.74) is 7.61. The van der Waals surface area contributed by atoms with Crippen LogP contribution in [-0.4, -0.2) is 32.2 Å². The maximum Gasteiger partial charge on any atom is 0.252 e. The molecule has 4 rings (SSSR count). The van der Waals surface area contributed by atoms with Crippen molar-refractivity contribution >= 4 is 17.1 Å². The molecule has 0 aliphatic heterocycles. The molecule has 1 aliphatic carbocycles. The first kappa shape index (κ1) is 16.5. The van der Waals surface area contributed by atoms with Crippen LogP contribution >= 0.6 is 0 Å². The molecule has 134 valence electrons. The van der Waals surface area contributed by atoms with Crippen molar-refractivity contribution < 1.29 is 9.18 Å². The van der Waals surface area contributed by atoms with Crippen LogP contribution in [-0.2, 0) is 0 Å². The second-order valence-corrected chi connectivity index (χ2v) is 6.96. The molecule has 3 aromatic rings. The second kappa shape index (κ2) is 6.09. The summed E-state index contributed by atoms with van der Waals surface area (Å²) in [5, 5.41) is 7.53. The molecule has 1 fully saturated rings. The topological polar surface area (TPSA) is 85.3 Å². The first-order chi connectivity index (χ1) is 12.5. The van der Waals surface area contributed by atoms with E-state index in [0.717, 1.165) is 17.5 Å². The van der Waals surface area contributed by atoms with Gasteiger partial charge >= 0.3 is 0 Å². The third-order valence-electron chi connectivity index (χ3n) is 5.12. The molecular formula is C19H20FN5O. The Labute approximate surface area is 150 Å². The lowest BCUT2D eigenvalue weighted by molar-refractivity contribution is 0.1000. The quantitative estimate of drug-likeness (QED) is 0.754. The molecule has 1 aliphatic rings. The highest BCUT2D eigenvalue weighted by molar-refractivity contribution is 6.02. The van der Waals surface area contributed by atoms with E-state index >= 15 is 0 Å². The average Bonchev–Trinajstić information content (AvgIpc) is 3.19. The van der Waals surface area contributed by atoms with Crippen molar-refractivity contribution in [2.45, 2.75) is 37.9 Å². The summed E-state index contributed by atoms with van der Waals surface area (Å²) < 4.78 is 16.4. The molecule has 0 saturated heterocycles. The molecule has 6 nitrogen and oxygen atoms in total. The maximum atomic E-state index is 14.8. The van der Waals surface area contributed by atoms with Gasteiger partial charge < -0.3 is 11.1 Å². The number of amides is 1. The van der Waals surface area contributed by atoms with E-state index < -0.39 is 11.6 Å². The number of rotatable bonds is 4. The van der Waals surface area contributed by atoms with Crippen LogP contribution in [0, 0.1) is 0 Å². The standard InChI is InChI=1S/C19H20FN5O/c1-19(20)6-2-3-16(19)24-17-14(18(21)26)10-23-25-11-13(9-15(17)25)12-4-7-22-8-5-12/h4-5,7-11,16,24H,2-3,6H2,1H3,(H2,21,26)/t16-,19+/m1/s1. The Morgan fingerprint density at radius 3 is 2.81 bits per heavy atom. The van der Waals surface area contributed by atoms with E-state index in [0.29, 0.717) is 24.0 Å². The van der Waals surface area contributed by atoms with E-state index in [1.807, 2.05) is 24.4 Å². The number of hydrogen-bond acceptors (Lipinski definition) is 4. The van der Waals surface area contributed by atoms with Crippen molar-refractivity contribution in [1.29, 1.82) is 0 Å². The highest BCUT2D eigenvalue weighted by atomic mass is 19.1. The summed E-state index contributed by atoms with van der Waals surface area (Å²) in [6.45, 7) is 1.60. The van der Waals surface area contributed by atoms with Gasteiger partial charge in [-0.1, -0.05) is 0 Å². The summed E-state index contributed by atoms with van der Waals surface area (Å²) in [6.07, 6.45) is 8.74. The molecule has 26 heavy (non-hydrogen) atoms. The smallest absolute Gasteiger partial charge is 0.252 e. The minimum atomic E-state index is -1.32. The van der Waals surface area contributed by atoms with Gasteiger partial charge in [0.05, 0.1) is 29.0 Å².